The van der Waals surface area contributed by atoms with Crippen molar-refractivity contribution in [2.75, 3.05) is 19.6 Å². The molecular formula is C12H23N3O2. The third-order valence-corrected chi connectivity index (χ3v) is 3.12. The van der Waals surface area contributed by atoms with Gasteiger partial charge in [0, 0.05) is 25.6 Å². The van der Waals surface area contributed by atoms with Crippen molar-refractivity contribution in [3.8, 4) is 0 Å². The maximum atomic E-state index is 11.7. The molecule has 1 heterocycles. The van der Waals surface area contributed by atoms with E-state index in [4.69, 9.17) is 5.73 Å². The predicted octanol–water partition coefficient (Wildman–Crippen LogP) is 0.243. The lowest BCUT2D eigenvalue weighted by molar-refractivity contribution is -0.133. The third-order valence-electron chi connectivity index (χ3n) is 3.12. The lowest BCUT2D eigenvalue weighted by atomic mass is 10.1. The van der Waals surface area contributed by atoms with Crippen molar-refractivity contribution in [1.82, 2.24) is 10.2 Å². The van der Waals surface area contributed by atoms with Crippen LogP contribution >= 0.6 is 0 Å². The van der Waals surface area contributed by atoms with Crippen LogP contribution in [-0.2, 0) is 9.59 Å². The highest BCUT2D eigenvalue weighted by atomic mass is 16.2. The largest absolute Gasteiger partial charge is 0.347 e. The summed E-state index contributed by atoms with van der Waals surface area (Å²) in [4.78, 5) is 25.0. The minimum absolute atomic E-state index is 0.0168. The number of likely N-dealkylation sites (tertiary alicyclic amines) is 1. The molecule has 0 bridgehead atoms. The molecule has 0 saturated carbocycles. The van der Waals surface area contributed by atoms with Crippen molar-refractivity contribution < 1.29 is 9.59 Å². The van der Waals surface area contributed by atoms with Crippen LogP contribution in [0.5, 0.6) is 0 Å². The van der Waals surface area contributed by atoms with E-state index in [9.17, 15) is 9.59 Å². The van der Waals surface area contributed by atoms with Gasteiger partial charge in [-0.05, 0) is 25.7 Å². The van der Waals surface area contributed by atoms with Crippen molar-refractivity contribution in [2.45, 2.75) is 45.1 Å². The summed E-state index contributed by atoms with van der Waals surface area (Å²) in [6.07, 6.45) is 4.40. The molecule has 1 unspecified atom stereocenters. The number of carbonyl (C=O) groups is 2. The molecule has 98 valence electrons. The highest BCUT2D eigenvalue weighted by molar-refractivity contribution is 5.84. The molecular weight excluding hydrogens is 218 g/mol. The lowest BCUT2D eigenvalue weighted by Crippen LogP contribution is -2.43. The van der Waals surface area contributed by atoms with Gasteiger partial charge in [0.2, 0.25) is 11.8 Å². The van der Waals surface area contributed by atoms with E-state index in [1.165, 1.54) is 6.42 Å². The minimum Gasteiger partial charge on any atom is -0.347 e. The molecule has 1 aliphatic heterocycles. The number of piperidine rings is 1. The van der Waals surface area contributed by atoms with Crippen LogP contribution in [-0.4, -0.2) is 42.4 Å². The zero-order chi connectivity index (χ0) is 12.7. The van der Waals surface area contributed by atoms with Crippen molar-refractivity contribution in [3.63, 3.8) is 0 Å². The summed E-state index contributed by atoms with van der Waals surface area (Å²) in [7, 11) is 0. The smallest absolute Gasteiger partial charge is 0.241 e. The number of nitrogens with two attached hydrogens (primary N) is 1. The fourth-order valence-corrected chi connectivity index (χ4v) is 1.88. The van der Waals surface area contributed by atoms with Gasteiger partial charge in [-0.25, -0.2) is 0 Å². The molecule has 0 aliphatic carbocycles. The highest BCUT2D eigenvalue weighted by Gasteiger charge is 2.17. The number of carbonyl (C=O) groups excluding carboxylic acids is 2. The summed E-state index contributed by atoms with van der Waals surface area (Å²) >= 11 is 0. The first kappa shape index (κ1) is 14.0. The van der Waals surface area contributed by atoms with Crippen molar-refractivity contribution in [3.05, 3.63) is 0 Å². The Kier molecular flexibility index (Phi) is 5.97. The topological polar surface area (TPSA) is 75.4 Å². The molecule has 1 aliphatic rings. The summed E-state index contributed by atoms with van der Waals surface area (Å²) in [5, 5.41) is 2.63. The Balaban J connectivity index is 2.20. The minimum atomic E-state index is -0.135. The van der Waals surface area contributed by atoms with Crippen molar-refractivity contribution in [1.29, 1.82) is 0 Å². The van der Waals surface area contributed by atoms with Crippen LogP contribution < -0.4 is 11.1 Å². The first-order chi connectivity index (χ1) is 8.13. The zero-order valence-corrected chi connectivity index (χ0v) is 10.6. The molecule has 1 saturated heterocycles. The van der Waals surface area contributed by atoms with Gasteiger partial charge in [-0.15, -0.1) is 0 Å². The average Bonchev–Trinajstić information content (AvgIpc) is 2.36. The second-order valence-corrected chi connectivity index (χ2v) is 4.59. The van der Waals surface area contributed by atoms with Crippen molar-refractivity contribution in [2.24, 2.45) is 5.73 Å². The molecule has 17 heavy (non-hydrogen) atoms. The van der Waals surface area contributed by atoms with Gasteiger partial charge in [0.05, 0.1) is 6.54 Å². The van der Waals surface area contributed by atoms with E-state index in [0.29, 0.717) is 6.42 Å². The maximum absolute atomic E-state index is 11.7. The Hall–Kier alpha value is -1.10. The summed E-state index contributed by atoms with van der Waals surface area (Å²) in [5.41, 5.74) is 5.67. The van der Waals surface area contributed by atoms with E-state index < -0.39 is 0 Å². The molecule has 5 nitrogen and oxygen atoms in total. The Bertz CT molecular complexity index is 262. The fraction of sp³-hybridized carbons (Fsp3) is 0.833. The molecule has 0 aromatic heterocycles. The number of nitrogens with one attached hydrogen (secondary N) is 1. The van der Waals surface area contributed by atoms with Gasteiger partial charge in [-0.1, -0.05) is 6.92 Å². The monoisotopic (exact) mass is 241 g/mol. The molecule has 1 fully saturated rings. The molecule has 3 N–H and O–H groups in total. The number of rotatable bonds is 5. The summed E-state index contributed by atoms with van der Waals surface area (Å²) in [5.74, 6) is -0.118. The van der Waals surface area contributed by atoms with Crippen LogP contribution in [0.4, 0.5) is 0 Å². The summed E-state index contributed by atoms with van der Waals surface area (Å²) in [6, 6.07) is -0.111. The van der Waals surface area contributed by atoms with Gasteiger partial charge in [0.25, 0.3) is 0 Å². The molecule has 5 heteroatoms. The fourth-order valence-electron chi connectivity index (χ4n) is 1.88. The lowest BCUT2D eigenvalue weighted by Gasteiger charge is -2.26. The number of nitrogens with zero attached hydrogens (tertiary/aromatic N) is 1. The van der Waals surface area contributed by atoms with Crippen LogP contribution in [0.3, 0.4) is 0 Å². The Morgan fingerprint density at radius 1 is 1.29 bits per heavy atom. The maximum Gasteiger partial charge on any atom is 0.241 e. The molecule has 2 amide bonds. The number of hydrogen-bond donors (Lipinski definition) is 2. The van der Waals surface area contributed by atoms with Gasteiger partial charge in [0.1, 0.15) is 0 Å². The van der Waals surface area contributed by atoms with Gasteiger partial charge >= 0.3 is 0 Å². The normalized spacial score (nSPS) is 17.6. The first-order valence-corrected chi connectivity index (χ1v) is 6.43. The number of amides is 2. The van der Waals surface area contributed by atoms with E-state index in [0.717, 1.165) is 32.4 Å². The number of hydrogen-bond acceptors (Lipinski definition) is 3. The molecule has 0 aromatic carbocycles. The predicted molar refractivity (Wildman–Crippen MR) is 66.3 cm³/mol. The van der Waals surface area contributed by atoms with Gasteiger partial charge < -0.3 is 16.0 Å². The van der Waals surface area contributed by atoms with Crippen LogP contribution in [0.2, 0.25) is 0 Å². The Labute approximate surface area is 103 Å². The molecule has 1 atom stereocenters. The van der Waals surface area contributed by atoms with Crippen LogP contribution in [0, 0.1) is 0 Å². The Morgan fingerprint density at radius 2 is 1.94 bits per heavy atom. The van der Waals surface area contributed by atoms with E-state index in [2.05, 4.69) is 5.32 Å². The Morgan fingerprint density at radius 3 is 2.53 bits per heavy atom. The summed E-state index contributed by atoms with van der Waals surface area (Å²) in [6.45, 7) is 3.69. The van der Waals surface area contributed by atoms with Crippen LogP contribution in [0.1, 0.15) is 39.0 Å². The zero-order valence-electron chi connectivity index (χ0n) is 10.6. The quantitative estimate of drug-likeness (QED) is 0.724. The molecule has 0 spiro atoms. The van der Waals surface area contributed by atoms with Crippen LogP contribution in [0.15, 0.2) is 0 Å². The highest BCUT2D eigenvalue weighted by Crippen LogP contribution is 2.08. The second kappa shape index (κ2) is 7.27. The molecule has 1 rings (SSSR count). The molecule has 0 radical (unpaired) electrons. The van der Waals surface area contributed by atoms with E-state index in [1.54, 1.807) is 0 Å². The van der Waals surface area contributed by atoms with E-state index in [-0.39, 0.29) is 24.4 Å². The van der Waals surface area contributed by atoms with Crippen LogP contribution in [0.25, 0.3) is 0 Å². The van der Waals surface area contributed by atoms with Gasteiger partial charge in [-0.2, -0.15) is 0 Å². The van der Waals surface area contributed by atoms with Gasteiger partial charge in [-0.3, -0.25) is 9.59 Å². The average molecular weight is 241 g/mol. The van der Waals surface area contributed by atoms with E-state index >= 15 is 0 Å². The van der Waals surface area contributed by atoms with Crippen molar-refractivity contribution >= 4 is 11.8 Å². The second-order valence-electron chi connectivity index (χ2n) is 4.59. The van der Waals surface area contributed by atoms with Gasteiger partial charge in [0.15, 0.2) is 0 Å². The molecule has 0 aromatic rings. The SMILES string of the molecule is CCC(N)CC(=O)NCC(=O)N1CCCCC1. The summed E-state index contributed by atoms with van der Waals surface area (Å²) < 4.78 is 0. The first-order valence-electron chi connectivity index (χ1n) is 6.43. The third kappa shape index (κ3) is 5.17. The standard InChI is InChI=1S/C12H23N3O2/c1-2-10(13)8-11(16)14-9-12(17)15-6-4-3-5-7-15/h10H,2-9,13H2,1H3,(H,14,16). The van der Waals surface area contributed by atoms with E-state index in [1.807, 2.05) is 11.8 Å².